The van der Waals surface area contributed by atoms with Gasteiger partial charge in [-0.15, -0.1) is 0 Å². The van der Waals surface area contributed by atoms with Gasteiger partial charge in [-0.3, -0.25) is 4.98 Å². The van der Waals surface area contributed by atoms with E-state index in [0.717, 1.165) is 22.1 Å². The molecule has 0 aliphatic rings. The summed E-state index contributed by atoms with van der Waals surface area (Å²) in [5.74, 6) is 0. The molecule has 0 saturated carbocycles. The molecular formula is C10H12BrN3. The summed E-state index contributed by atoms with van der Waals surface area (Å²) in [4.78, 5) is 4.35. The summed E-state index contributed by atoms with van der Waals surface area (Å²) in [6, 6.07) is 4.19. The van der Waals surface area contributed by atoms with Gasteiger partial charge < -0.3 is 9.88 Å². The summed E-state index contributed by atoms with van der Waals surface area (Å²) in [6.07, 6.45) is 1.82. The maximum atomic E-state index is 4.35. The van der Waals surface area contributed by atoms with Crippen LogP contribution in [0.2, 0.25) is 0 Å². The van der Waals surface area contributed by atoms with Gasteiger partial charge in [-0.2, -0.15) is 0 Å². The molecule has 0 saturated heterocycles. The fourth-order valence-corrected chi connectivity index (χ4v) is 1.90. The van der Waals surface area contributed by atoms with Crippen molar-refractivity contribution in [1.82, 2.24) is 14.9 Å². The number of aromatic nitrogens is 2. The average molecular weight is 254 g/mol. The van der Waals surface area contributed by atoms with E-state index >= 15 is 0 Å². The Hall–Kier alpha value is -0.870. The van der Waals surface area contributed by atoms with Gasteiger partial charge in [-0.25, -0.2) is 0 Å². The van der Waals surface area contributed by atoms with Crippen LogP contribution in [0.15, 0.2) is 22.8 Å². The Balaban J connectivity index is 2.62. The van der Waals surface area contributed by atoms with Gasteiger partial charge in [0.1, 0.15) is 0 Å². The van der Waals surface area contributed by atoms with Crippen LogP contribution in [0.3, 0.4) is 0 Å². The number of fused-ring (bicyclic) bond motifs is 1. The Morgan fingerprint density at radius 3 is 3.00 bits per heavy atom. The Kier molecular flexibility index (Phi) is 2.56. The third-order valence-corrected chi connectivity index (χ3v) is 2.75. The highest BCUT2D eigenvalue weighted by atomic mass is 79.9. The molecule has 1 N–H and O–H groups in total. The van der Waals surface area contributed by atoms with E-state index in [2.05, 4.69) is 50.0 Å². The molecule has 14 heavy (non-hydrogen) atoms. The summed E-state index contributed by atoms with van der Waals surface area (Å²) >= 11 is 3.42. The minimum Gasteiger partial charge on any atom is -0.345 e. The molecule has 0 aromatic carbocycles. The van der Waals surface area contributed by atoms with Crippen molar-refractivity contribution in [3.63, 3.8) is 0 Å². The minimum absolute atomic E-state index is 0.866. The number of pyridine rings is 1. The lowest BCUT2D eigenvalue weighted by molar-refractivity contribution is 0.745. The van der Waals surface area contributed by atoms with Crippen molar-refractivity contribution in [3.05, 3.63) is 28.5 Å². The highest BCUT2D eigenvalue weighted by Crippen LogP contribution is 2.20. The van der Waals surface area contributed by atoms with Gasteiger partial charge in [0.15, 0.2) is 0 Å². The van der Waals surface area contributed by atoms with Crippen LogP contribution < -0.4 is 5.32 Å². The molecule has 0 fully saturated rings. The number of nitrogens with one attached hydrogen (secondary N) is 1. The molecular weight excluding hydrogens is 242 g/mol. The average Bonchev–Trinajstić information content (AvgIpc) is 2.46. The van der Waals surface area contributed by atoms with Gasteiger partial charge in [0.2, 0.25) is 0 Å². The summed E-state index contributed by atoms with van der Waals surface area (Å²) in [5, 5.41) is 3.14. The molecule has 0 atom stereocenters. The van der Waals surface area contributed by atoms with E-state index in [1.807, 2.05) is 13.2 Å². The standard InChI is InChI=1S/C10H12BrN3/c1-12-6-8-4-9-10(14(8)2)3-7(11)5-13-9/h3-5,12H,6H2,1-2H3. The van der Waals surface area contributed by atoms with Crippen molar-refractivity contribution in [3.8, 4) is 0 Å². The van der Waals surface area contributed by atoms with Crippen molar-refractivity contribution < 1.29 is 0 Å². The summed E-state index contributed by atoms with van der Waals surface area (Å²) in [6.45, 7) is 0.866. The van der Waals surface area contributed by atoms with Gasteiger partial charge in [0, 0.05) is 30.0 Å². The van der Waals surface area contributed by atoms with Gasteiger partial charge in [-0.05, 0) is 35.1 Å². The second kappa shape index (κ2) is 3.71. The van der Waals surface area contributed by atoms with Crippen LogP contribution in [-0.4, -0.2) is 16.6 Å². The molecule has 0 bridgehead atoms. The lowest BCUT2D eigenvalue weighted by Crippen LogP contribution is -2.08. The van der Waals surface area contributed by atoms with Gasteiger partial charge in [0.05, 0.1) is 11.0 Å². The van der Waals surface area contributed by atoms with E-state index in [4.69, 9.17) is 0 Å². The predicted molar refractivity (Wildman–Crippen MR) is 61.2 cm³/mol. The van der Waals surface area contributed by atoms with Crippen LogP contribution >= 0.6 is 15.9 Å². The maximum Gasteiger partial charge on any atom is 0.0885 e. The Labute approximate surface area is 91.3 Å². The van der Waals surface area contributed by atoms with Crippen LogP contribution in [-0.2, 0) is 13.6 Å². The summed E-state index contributed by atoms with van der Waals surface area (Å²) < 4.78 is 3.17. The summed E-state index contributed by atoms with van der Waals surface area (Å²) in [7, 11) is 4.00. The van der Waals surface area contributed by atoms with Crippen LogP contribution in [0.25, 0.3) is 11.0 Å². The molecule has 2 rings (SSSR count). The van der Waals surface area contributed by atoms with Crippen LogP contribution in [0.5, 0.6) is 0 Å². The van der Waals surface area contributed by atoms with E-state index in [9.17, 15) is 0 Å². The molecule has 3 nitrogen and oxygen atoms in total. The first kappa shape index (κ1) is 9.68. The van der Waals surface area contributed by atoms with E-state index in [0.29, 0.717) is 0 Å². The molecule has 0 spiro atoms. The molecule has 0 aliphatic carbocycles. The maximum absolute atomic E-state index is 4.35. The SMILES string of the molecule is CNCc1cc2ncc(Br)cc2n1C. The Morgan fingerprint density at radius 1 is 1.50 bits per heavy atom. The number of rotatable bonds is 2. The molecule has 2 aromatic rings. The van der Waals surface area contributed by atoms with Crippen molar-refractivity contribution in [2.75, 3.05) is 7.05 Å². The fraction of sp³-hybridized carbons (Fsp3) is 0.300. The first-order valence-electron chi connectivity index (χ1n) is 4.47. The molecule has 0 aliphatic heterocycles. The third kappa shape index (κ3) is 1.55. The van der Waals surface area contributed by atoms with E-state index in [-0.39, 0.29) is 0 Å². The number of halogens is 1. The Morgan fingerprint density at radius 2 is 2.29 bits per heavy atom. The predicted octanol–water partition coefficient (Wildman–Crippen LogP) is 2.06. The third-order valence-electron chi connectivity index (χ3n) is 2.32. The van der Waals surface area contributed by atoms with E-state index in [1.165, 1.54) is 5.69 Å². The quantitative estimate of drug-likeness (QED) is 0.888. The van der Waals surface area contributed by atoms with E-state index in [1.54, 1.807) is 0 Å². The zero-order valence-electron chi connectivity index (χ0n) is 8.21. The highest BCUT2D eigenvalue weighted by Gasteiger charge is 2.05. The van der Waals surface area contributed by atoms with Crippen LogP contribution in [0, 0.1) is 0 Å². The molecule has 4 heteroatoms. The second-order valence-electron chi connectivity index (χ2n) is 3.28. The molecule has 2 heterocycles. The zero-order chi connectivity index (χ0) is 10.1. The van der Waals surface area contributed by atoms with Crippen molar-refractivity contribution in [2.45, 2.75) is 6.54 Å². The zero-order valence-corrected chi connectivity index (χ0v) is 9.80. The molecule has 2 aromatic heterocycles. The normalized spacial score (nSPS) is 11.1. The molecule has 0 amide bonds. The lowest BCUT2D eigenvalue weighted by atomic mass is 10.4. The number of hydrogen-bond donors (Lipinski definition) is 1. The largest absolute Gasteiger partial charge is 0.345 e. The smallest absolute Gasteiger partial charge is 0.0885 e. The first-order valence-corrected chi connectivity index (χ1v) is 5.26. The second-order valence-corrected chi connectivity index (χ2v) is 4.20. The number of hydrogen-bond acceptors (Lipinski definition) is 2. The topological polar surface area (TPSA) is 29.9 Å². The van der Waals surface area contributed by atoms with Crippen molar-refractivity contribution in [2.24, 2.45) is 7.05 Å². The monoisotopic (exact) mass is 253 g/mol. The lowest BCUT2D eigenvalue weighted by Gasteiger charge is -2.02. The van der Waals surface area contributed by atoms with Crippen molar-refractivity contribution >= 4 is 27.0 Å². The van der Waals surface area contributed by atoms with Crippen molar-refractivity contribution in [1.29, 1.82) is 0 Å². The molecule has 0 radical (unpaired) electrons. The van der Waals surface area contributed by atoms with Crippen LogP contribution in [0.4, 0.5) is 0 Å². The first-order chi connectivity index (χ1) is 6.72. The molecule has 0 unspecified atom stereocenters. The number of nitrogens with zero attached hydrogens (tertiary/aromatic N) is 2. The highest BCUT2D eigenvalue weighted by molar-refractivity contribution is 9.10. The van der Waals surface area contributed by atoms with Crippen LogP contribution in [0.1, 0.15) is 5.69 Å². The fourth-order valence-electron chi connectivity index (χ4n) is 1.58. The minimum atomic E-state index is 0.866. The van der Waals surface area contributed by atoms with Gasteiger partial charge >= 0.3 is 0 Å². The number of aryl methyl sites for hydroxylation is 1. The van der Waals surface area contributed by atoms with E-state index < -0.39 is 0 Å². The van der Waals surface area contributed by atoms with Gasteiger partial charge in [-0.1, -0.05) is 0 Å². The molecule has 74 valence electrons. The van der Waals surface area contributed by atoms with Gasteiger partial charge in [0.25, 0.3) is 0 Å². The Bertz CT molecular complexity index is 462. The summed E-state index contributed by atoms with van der Waals surface area (Å²) in [5.41, 5.74) is 3.44.